The van der Waals surface area contributed by atoms with Crippen molar-refractivity contribution in [3.63, 3.8) is 0 Å². The third-order valence-corrected chi connectivity index (χ3v) is 9.86. The normalized spacial score (nSPS) is 20.6. The number of carbonyl (C=O) groups is 3. The number of ether oxygens (including phenoxy) is 2. The molecule has 0 saturated carbocycles. The van der Waals surface area contributed by atoms with Crippen molar-refractivity contribution >= 4 is 23.6 Å². The van der Waals surface area contributed by atoms with Crippen LogP contribution in [-0.2, 0) is 20.8 Å². The largest absolute Gasteiger partial charge is 0.573 e. The minimum absolute atomic E-state index is 0.0584. The van der Waals surface area contributed by atoms with Crippen molar-refractivity contribution in [1.29, 1.82) is 0 Å². The van der Waals surface area contributed by atoms with Gasteiger partial charge < -0.3 is 34.8 Å². The maximum absolute atomic E-state index is 14.7. The first-order valence-electron chi connectivity index (χ1n) is 18.4. The molecule has 5 atom stereocenters. The van der Waals surface area contributed by atoms with Gasteiger partial charge in [0.05, 0.1) is 25.2 Å². The number of likely N-dealkylation sites (tertiary alicyclic amines) is 1. The van der Waals surface area contributed by atoms with Gasteiger partial charge in [0.25, 0.3) is 0 Å². The maximum atomic E-state index is 14.7. The lowest BCUT2D eigenvalue weighted by Crippen LogP contribution is -2.60. The average molecular weight is 771 g/mol. The van der Waals surface area contributed by atoms with Gasteiger partial charge >= 0.3 is 6.36 Å². The molecule has 0 radical (unpaired) electrons. The molecule has 11 nitrogen and oxygen atoms in total. The molecule has 0 aliphatic carbocycles. The minimum Gasteiger partial charge on any atom is -0.489 e. The highest BCUT2D eigenvalue weighted by Gasteiger charge is 2.45. The number of aliphatic imine (C=N–C) groups is 1. The fourth-order valence-corrected chi connectivity index (χ4v) is 7.06. The van der Waals surface area contributed by atoms with Crippen molar-refractivity contribution < 1.29 is 41.4 Å². The number of amidine groups is 1. The number of alkyl halides is 3. The van der Waals surface area contributed by atoms with Crippen LogP contribution in [0.3, 0.4) is 0 Å². The van der Waals surface area contributed by atoms with Crippen LogP contribution in [0.25, 0.3) is 0 Å². The quantitative estimate of drug-likeness (QED) is 0.258. The molecular formula is C40H50F4N6O5. The number of halogens is 4. The van der Waals surface area contributed by atoms with Crippen molar-refractivity contribution in [2.45, 2.75) is 84.1 Å². The van der Waals surface area contributed by atoms with E-state index in [0.717, 1.165) is 17.7 Å². The molecular weight excluding hydrogens is 720 g/mol. The van der Waals surface area contributed by atoms with Gasteiger partial charge in [-0.1, -0.05) is 52.8 Å². The summed E-state index contributed by atoms with van der Waals surface area (Å²) in [6, 6.07) is 8.27. The first-order chi connectivity index (χ1) is 25.9. The summed E-state index contributed by atoms with van der Waals surface area (Å²) < 4.78 is 62.3. The molecule has 2 aromatic carbocycles. The monoisotopic (exact) mass is 770 g/mol. The number of fused-ring (bicyclic) bond motifs is 1. The summed E-state index contributed by atoms with van der Waals surface area (Å²) in [6.45, 7) is 10.2. The Kier molecular flexibility index (Phi) is 12.9. The highest BCUT2D eigenvalue weighted by molar-refractivity contribution is 5.99. The lowest BCUT2D eigenvalue weighted by Gasteiger charge is -2.38. The molecule has 3 amide bonds. The molecule has 1 fully saturated rings. The summed E-state index contributed by atoms with van der Waals surface area (Å²) in [5.41, 5.74) is 0.0994. The van der Waals surface area contributed by atoms with Gasteiger partial charge in [-0.15, -0.1) is 13.2 Å². The molecule has 15 heteroatoms. The van der Waals surface area contributed by atoms with E-state index in [4.69, 9.17) is 4.74 Å². The van der Waals surface area contributed by atoms with Crippen LogP contribution in [0.15, 0.2) is 78.0 Å². The second kappa shape index (κ2) is 17.3. The highest BCUT2D eigenvalue weighted by Crippen LogP contribution is 2.31. The van der Waals surface area contributed by atoms with Crippen molar-refractivity contribution in [3.05, 3.63) is 84.3 Å². The number of hydrogen-bond acceptors (Lipinski definition) is 8. The highest BCUT2D eigenvalue weighted by atomic mass is 19.4. The summed E-state index contributed by atoms with van der Waals surface area (Å²) in [7, 11) is 1.68. The van der Waals surface area contributed by atoms with Crippen LogP contribution in [-0.4, -0.2) is 108 Å². The Morgan fingerprint density at radius 1 is 0.982 bits per heavy atom. The molecule has 3 aliphatic rings. The molecule has 1 saturated heterocycles. The summed E-state index contributed by atoms with van der Waals surface area (Å²) >= 11 is 0. The summed E-state index contributed by atoms with van der Waals surface area (Å²) in [5, 5.41) is 6.01. The molecule has 0 bridgehead atoms. The fourth-order valence-electron chi connectivity index (χ4n) is 7.06. The zero-order valence-corrected chi connectivity index (χ0v) is 32.0. The number of rotatable bonds is 14. The number of allylic oxidation sites excluding steroid dienone is 2. The van der Waals surface area contributed by atoms with E-state index in [1.54, 1.807) is 29.0 Å². The fraction of sp³-hybridized carbons (Fsp3) is 0.500. The molecule has 5 rings (SSSR count). The summed E-state index contributed by atoms with van der Waals surface area (Å²) in [6.07, 6.45) is 2.62. The molecule has 55 heavy (non-hydrogen) atoms. The number of likely N-dealkylation sites (N-methyl/N-ethyl adjacent to an activating group) is 1. The van der Waals surface area contributed by atoms with Gasteiger partial charge in [0, 0.05) is 25.7 Å². The van der Waals surface area contributed by atoms with Crippen molar-refractivity contribution in [3.8, 4) is 11.5 Å². The topological polar surface area (TPSA) is 116 Å². The molecule has 3 heterocycles. The van der Waals surface area contributed by atoms with E-state index in [9.17, 15) is 31.9 Å². The Morgan fingerprint density at radius 3 is 2.25 bits per heavy atom. The second-order valence-electron chi connectivity index (χ2n) is 15.5. The Bertz CT molecular complexity index is 1760. The smallest absolute Gasteiger partial charge is 0.489 e. The predicted octanol–water partition coefficient (Wildman–Crippen LogP) is 5.09. The standard InChI is InChI=1S/C40H50F4N6O5/c1-25(2)34(45-6)36(51)47-35(39(3,4)5)38(53)50-23-31(54-29-14-16-30(17-15-29)55-40(42,43)44)21-28(50)22-49(20-18-26-10-12-27(41)13-11-26)37(52)32-24-48-19-8-7-9-33(48)46-32/h7-17,19,25,28,31-32,34-35,45H,18,20-24H2,1-6H3,(H,47,51)/t28-,31-,32?,34-,35+/m0/s1. The molecule has 0 aromatic heterocycles. The summed E-state index contributed by atoms with van der Waals surface area (Å²) in [4.78, 5) is 52.5. The van der Waals surface area contributed by atoms with Gasteiger partial charge in [0.2, 0.25) is 17.7 Å². The third kappa shape index (κ3) is 10.9. The Hall–Kier alpha value is -4.92. The zero-order valence-electron chi connectivity index (χ0n) is 32.0. The number of hydrogen-bond donors (Lipinski definition) is 2. The number of carbonyl (C=O) groups excluding carboxylic acids is 3. The Morgan fingerprint density at radius 2 is 1.65 bits per heavy atom. The van der Waals surface area contributed by atoms with Crippen molar-refractivity contribution in [2.24, 2.45) is 16.3 Å². The van der Waals surface area contributed by atoms with Crippen LogP contribution in [0.1, 0.15) is 46.6 Å². The van der Waals surface area contributed by atoms with Crippen LogP contribution >= 0.6 is 0 Å². The molecule has 298 valence electrons. The van der Waals surface area contributed by atoms with Crippen LogP contribution in [0, 0.1) is 17.2 Å². The lowest BCUT2D eigenvalue weighted by atomic mass is 9.85. The number of amides is 3. The average Bonchev–Trinajstić information content (AvgIpc) is 3.73. The SMILES string of the molecule is CN[C@H](C(=O)N[C@H](C(=O)N1C[C@@H](Oc2ccc(OC(F)(F)F)cc2)C[C@H]1CN(CCc1ccc(F)cc1)C(=O)C1CN2C=CC=CC2=N1)C(C)(C)C)C(C)C. The van der Waals surface area contributed by atoms with E-state index in [1.807, 2.05) is 63.9 Å². The van der Waals surface area contributed by atoms with Crippen LogP contribution in [0.2, 0.25) is 0 Å². The number of nitrogens with zero attached hydrogens (tertiary/aromatic N) is 4. The number of nitrogens with one attached hydrogen (secondary N) is 2. The predicted molar refractivity (Wildman–Crippen MR) is 200 cm³/mol. The molecule has 1 unspecified atom stereocenters. The van der Waals surface area contributed by atoms with E-state index >= 15 is 0 Å². The van der Waals surface area contributed by atoms with Crippen LogP contribution < -0.4 is 20.1 Å². The van der Waals surface area contributed by atoms with E-state index in [-0.39, 0.29) is 61.3 Å². The van der Waals surface area contributed by atoms with E-state index in [0.29, 0.717) is 18.8 Å². The van der Waals surface area contributed by atoms with Gasteiger partial charge in [-0.2, -0.15) is 0 Å². The lowest BCUT2D eigenvalue weighted by molar-refractivity contribution is -0.274. The van der Waals surface area contributed by atoms with Gasteiger partial charge in [0.15, 0.2) is 0 Å². The van der Waals surface area contributed by atoms with Crippen LogP contribution in [0.5, 0.6) is 11.5 Å². The van der Waals surface area contributed by atoms with E-state index in [2.05, 4.69) is 20.4 Å². The maximum Gasteiger partial charge on any atom is 0.573 e. The van der Waals surface area contributed by atoms with Gasteiger partial charge in [-0.25, -0.2) is 4.39 Å². The number of benzene rings is 2. The molecule has 3 aliphatic heterocycles. The Balaban J connectivity index is 1.44. The molecule has 0 spiro atoms. The van der Waals surface area contributed by atoms with Crippen LogP contribution in [0.4, 0.5) is 17.6 Å². The molecule has 2 aromatic rings. The molecule has 2 N–H and O–H groups in total. The van der Waals surface area contributed by atoms with Gasteiger partial charge in [0.1, 0.15) is 41.3 Å². The van der Waals surface area contributed by atoms with E-state index in [1.165, 1.54) is 24.3 Å². The zero-order chi connectivity index (χ0) is 40.1. The third-order valence-electron chi connectivity index (χ3n) is 9.86. The van der Waals surface area contributed by atoms with Gasteiger partial charge in [-0.05, 0) is 78.9 Å². The van der Waals surface area contributed by atoms with Crippen molar-refractivity contribution in [2.75, 3.05) is 33.2 Å². The van der Waals surface area contributed by atoms with Gasteiger partial charge in [-0.3, -0.25) is 19.4 Å². The second-order valence-corrected chi connectivity index (χ2v) is 15.5. The first kappa shape index (κ1) is 41.2. The Labute approximate surface area is 319 Å². The van der Waals surface area contributed by atoms with Crippen molar-refractivity contribution in [1.82, 2.24) is 25.3 Å². The minimum atomic E-state index is -4.85. The summed E-state index contributed by atoms with van der Waals surface area (Å²) in [5.74, 6) is -0.823. The first-order valence-corrected chi connectivity index (χ1v) is 18.4. The van der Waals surface area contributed by atoms with E-state index < -0.39 is 47.8 Å².